The lowest BCUT2D eigenvalue weighted by Crippen LogP contribution is -2.32. The van der Waals surface area contributed by atoms with E-state index in [4.69, 9.17) is 15.2 Å². The van der Waals surface area contributed by atoms with Gasteiger partial charge in [-0.2, -0.15) is 0 Å². The van der Waals surface area contributed by atoms with E-state index in [1.54, 1.807) is 6.07 Å². The van der Waals surface area contributed by atoms with Crippen molar-refractivity contribution in [2.75, 3.05) is 14.2 Å². The molecule has 0 amide bonds. The molecule has 6 heteroatoms. The summed E-state index contributed by atoms with van der Waals surface area (Å²) < 4.78 is 34.5. The molecule has 0 saturated heterocycles. The molecule has 0 aromatic heterocycles. The molecule has 0 aliphatic heterocycles. The molecule has 0 unspecified atom stereocenters. The molecule has 5 nitrogen and oxygen atoms in total. The van der Waals surface area contributed by atoms with E-state index in [0.29, 0.717) is 24.3 Å². The number of rotatable bonds is 4. The van der Waals surface area contributed by atoms with E-state index >= 15 is 0 Å². The minimum atomic E-state index is -3.48. The van der Waals surface area contributed by atoms with Crippen molar-refractivity contribution in [3.8, 4) is 11.5 Å². The molecule has 2 rings (SSSR count). The van der Waals surface area contributed by atoms with Crippen LogP contribution in [0.1, 0.15) is 12.8 Å². The highest BCUT2D eigenvalue weighted by Gasteiger charge is 2.51. The maximum Gasteiger partial charge on any atom is 0.197 e. The number of methoxy groups -OCH3 is 2. The fourth-order valence-electron chi connectivity index (χ4n) is 1.61. The Balaban J connectivity index is 2.47. The largest absolute Gasteiger partial charge is 0.493 e. The van der Waals surface area contributed by atoms with Crippen LogP contribution < -0.4 is 15.2 Å². The van der Waals surface area contributed by atoms with Crippen molar-refractivity contribution in [2.24, 2.45) is 5.73 Å². The third-order valence-corrected chi connectivity index (χ3v) is 5.30. The number of benzene rings is 1. The molecule has 0 atom stereocenters. The highest BCUT2D eigenvalue weighted by Crippen LogP contribution is 2.43. The van der Waals surface area contributed by atoms with Crippen LogP contribution in [0.2, 0.25) is 0 Å². The Morgan fingerprint density at radius 3 is 2.24 bits per heavy atom. The second-order valence-electron chi connectivity index (χ2n) is 4.09. The molecule has 0 spiro atoms. The van der Waals surface area contributed by atoms with E-state index in [1.807, 2.05) is 0 Å². The van der Waals surface area contributed by atoms with Crippen LogP contribution in [-0.2, 0) is 9.84 Å². The van der Waals surface area contributed by atoms with Crippen LogP contribution in [0, 0.1) is 0 Å². The van der Waals surface area contributed by atoms with Crippen molar-refractivity contribution < 1.29 is 17.9 Å². The van der Waals surface area contributed by atoms with Gasteiger partial charge in [0.2, 0.25) is 0 Å². The van der Waals surface area contributed by atoms with Crippen molar-refractivity contribution in [3.63, 3.8) is 0 Å². The SMILES string of the molecule is COc1ccc(S(=O)(=O)C2(N)CC2)cc1OC. The van der Waals surface area contributed by atoms with E-state index in [2.05, 4.69) is 0 Å². The molecule has 0 radical (unpaired) electrons. The normalized spacial score (nSPS) is 17.6. The second-order valence-corrected chi connectivity index (χ2v) is 6.38. The third kappa shape index (κ3) is 1.87. The first-order valence-electron chi connectivity index (χ1n) is 5.20. The smallest absolute Gasteiger partial charge is 0.197 e. The lowest BCUT2D eigenvalue weighted by molar-refractivity contribution is 0.354. The van der Waals surface area contributed by atoms with E-state index in [-0.39, 0.29) is 4.90 Å². The fourth-order valence-corrected chi connectivity index (χ4v) is 3.23. The maximum absolute atomic E-state index is 12.2. The lowest BCUT2D eigenvalue weighted by Gasteiger charge is -2.13. The van der Waals surface area contributed by atoms with Crippen molar-refractivity contribution in [2.45, 2.75) is 22.6 Å². The van der Waals surface area contributed by atoms with Gasteiger partial charge in [-0.15, -0.1) is 0 Å². The Morgan fingerprint density at radius 1 is 1.18 bits per heavy atom. The van der Waals surface area contributed by atoms with Gasteiger partial charge in [0.05, 0.1) is 19.1 Å². The van der Waals surface area contributed by atoms with Gasteiger partial charge in [-0.25, -0.2) is 8.42 Å². The fraction of sp³-hybridized carbons (Fsp3) is 0.455. The van der Waals surface area contributed by atoms with Crippen LogP contribution in [-0.4, -0.2) is 27.5 Å². The Labute approximate surface area is 100 Å². The summed E-state index contributed by atoms with van der Waals surface area (Å²) >= 11 is 0. The summed E-state index contributed by atoms with van der Waals surface area (Å²) in [5.74, 6) is 0.881. The number of hydrogen-bond acceptors (Lipinski definition) is 5. The van der Waals surface area contributed by atoms with Crippen LogP contribution in [0.15, 0.2) is 23.1 Å². The molecule has 1 fully saturated rings. The first-order chi connectivity index (χ1) is 7.94. The number of hydrogen-bond donors (Lipinski definition) is 1. The predicted octanol–water partition coefficient (Wildman–Crippen LogP) is 0.926. The zero-order valence-corrected chi connectivity index (χ0v) is 10.6. The van der Waals surface area contributed by atoms with Crippen LogP contribution >= 0.6 is 0 Å². The zero-order valence-electron chi connectivity index (χ0n) is 9.76. The summed E-state index contributed by atoms with van der Waals surface area (Å²) in [6.45, 7) is 0. The van der Waals surface area contributed by atoms with Crippen LogP contribution in [0.5, 0.6) is 11.5 Å². The molecule has 94 valence electrons. The third-order valence-electron chi connectivity index (χ3n) is 2.94. The minimum absolute atomic E-state index is 0.176. The van der Waals surface area contributed by atoms with Crippen molar-refractivity contribution in [3.05, 3.63) is 18.2 Å². The first-order valence-corrected chi connectivity index (χ1v) is 6.68. The molecular formula is C11H15NO4S. The Hall–Kier alpha value is -1.27. The zero-order chi connectivity index (χ0) is 12.7. The minimum Gasteiger partial charge on any atom is -0.493 e. The van der Waals surface area contributed by atoms with Gasteiger partial charge < -0.3 is 15.2 Å². The van der Waals surface area contributed by atoms with Gasteiger partial charge in [0.25, 0.3) is 0 Å². The van der Waals surface area contributed by atoms with Crippen LogP contribution in [0.25, 0.3) is 0 Å². The van der Waals surface area contributed by atoms with Crippen molar-refractivity contribution in [1.82, 2.24) is 0 Å². The van der Waals surface area contributed by atoms with Gasteiger partial charge in [0.15, 0.2) is 21.3 Å². The van der Waals surface area contributed by atoms with E-state index in [0.717, 1.165) is 0 Å². The second kappa shape index (κ2) is 3.89. The molecule has 1 aliphatic carbocycles. The molecule has 0 heterocycles. The monoisotopic (exact) mass is 257 g/mol. The predicted molar refractivity (Wildman–Crippen MR) is 62.9 cm³/mol. The summed E-state index contributed by atoms with van der Waals surface area (Å²) in [6.07, 6.45) is 1.01. The van der Waals surface area contributed by atoms with Gasteiger partial charge >= 0.3 is 0 Å². The summed E-state index contributed by atoms with van der Waals surface area (Å²) in [5, 5.41) is 0. The standard InChI is InChI=1S/C11H15NO4S/c1-15-9-4-3-8(7-10(9)16-2)17(13,14)11(12)5-6-11/h3-4,7H,5-6,12H2,1-2H3. The summed E-state index contributed by atoms with van der Waals surface area (Å²) in [5.41, 5.74) is 5.76. The lowest BCUT2D eigenvalue weighted by atomic mass is 10.3. The van der Waals surface area contributed by atoms with Gasteiger partial charge in [-0.3, -0.25) is 0 Å². The van der Waals surface area contributed by atoms with Crippen LogP contribution in [0.4, 0.5) is 0 Å². The molecule has 1 aromatic carbocycles. The highest BCUT2D eigenvalue weighted by molar-refractivity contribution is 7.93. The molecule has 1 saturated carbocycles. The number of nitrogens with two attached hydrogens (primary N) is 1. The maximum atomic E-state index is 12.2. The molecule has 1 aliphatic rings. The average molecular weight is 257 g/mol. The van der Waals surface area contributed by atoms with Gasteiger partial charge in [-0.1, -0.05) is 0 Å². The number of sulfone groups is 1. The Kier molecular flexibility index (Phi) is 2.79. The van der Waals surface area contributed by atoms with Crippen molar-refractivity contribution >= 4 is 9.84 Å². The van der Waals surface area contributed by atoms with E-state index < -0.39 is 14.7 Å². The van der Waals surface area contributed by atoms with E-state index in [1.165, 1.54) is 26.4 Å². The summed E-state index contributed by atoms with van der Waals surface area (Å²) in [4.78, 5) is -0.915. The Morgan fingerprint density at radius 2 is 1.76 bits per heavy atom. The molecule has 17 heavy (non-hydrogen) atoms. The average Bonchev–Trinajstić information content (AvgIpc) is 3.08. The first kappa shape index (κ1) is 12.2. The van der Waals surface area contributed by atoms with E-state index in [9.17, 15) is 8.42 Å². The van der Waals surface area contributed by atoms with Gasteiger partial charge in [0.1, 0.15) is 4.87 Å². The molecule has 0 bridgehead atoms. The van der Waals surface area contributed by atoms with Gasteiger partial charge in [0, 0.05) is 6.07 Å². The summed E-state index contributed by atoms with van der Waals surface area (Å²) in [6, 6.07) is 4.50. The molecular weight excluding hydrogens is 242 g/mol. The van der Waals surface area contributed by atoms with Gasteiger partial charge in [-0.05, 0) is 25.0 Å². The van der Waals surface area contributed by atoms with Crippen LogP contribution in [0.3, 0.4) is 0 Å². The number of ether oxygens (including phenoxy) is 2. The molecule has 1 aromatic rings. The summed E-state index contributed by atoms with van der Waals surface area (Å²) in [7, 11) is -0.521. The topological polar surface area (TPSA) is 78.6 Å². The Bertz CT molecular complexity index is 534. The highest BCUT2D eigenvalue weighted by atomic mass is 32.2. The quantitative estimate of drug-likeness (QED) is 0.868. The molecule has 2 N–H and O–H groups in total. The van der Waals surface area contributed by atoms with Crippen molar-refractivity contribution in [1.29, 1.82) is 0 Å².